The van der Waals surface area contributed by atoms with Crippen LogP contribution in [0.1, 0.15) is 40.0 Å². The van der Waals surface area contributed by atoms with Gasteiger partial charge < -0.3 is 15.4 Å². The molecule has 1 fully saturated rings. The minimum Gasteiger partial charge on any atom is -0.444 e. The van der Waals surface area contributed by atoms with Gasteiger partial charge in [-0.25, -0.2) is 9.18 Å². The molecular formula is C17H27FN2O2. The molecule has 0 aromatic carbocycles. The molecule has 1 aliphatic carbocycles. The van der Waals surface area contributed by atoms with Crippen molar-refractivity contribution in [1.29, 1.82) is 0 Å². The maximum atomic E-state index is 13.6. The molecule has 1 aliphatic heterocycles. The Kier molecular flexibility index (Phi) is 4.95. The Morgan fingerprint density at radius 1 is 1.45 bits per heavy atom. The van der Waals surface area contributed by atoms with Gasteiger partial charge in [-0.15, -0.1) is 0 Å². The number of halogens is 1. The Balaban J connectivity index is 1.98. The summed E-state index contributed by atoms with van der Waals surface area (Å²) in [7, 11) is 0. The van der Waals surface area contributed by atoms with Crippen LogP contribution in [0.4, 0.5) is 9.18 Å². The molecule has 0 aromatic heterocycles. The molecule has 1 saturated heterocycles. The average Bonchev–Trinajstić information content (AvgIpc) is 2.45. The van der Waals surface area contributed by atoms with Gasteiger partial charge in [-0.3, -0.25) is 0 Å². The van der Waals surface area contributed by atoms with Gasteiger partial charge in [0.05, 0.1) is 0 Å². The van der Waals surface area contributed by atoms with Crippen LogP contribution in [0.15, 0.2) is 24.1 Å². The summed E-state index contributed by atoms with van der Waals surface area (Å²) in [4.78, 5) is 13.9. The van der Waals surface area contributed by atoms with Crippen LogP contribution in [0, 0.1) is 11.3 Å². The number of hydrogen-bond donors (Lipinski definition) is 1. The first-order valence-electron chi connectivity index (χ1n) is 7.97. The normalized spacial score (nSPS) is 24.9. The largest absolute Gasteiger partial charge is 0.444 e. The fourth-order valence-electron chi connectivity index (χ4n) is 3.25. The maximum absolute atomic E-state index is 13.6. The number of carbonyl (C=O) groups excluding carboxylic acids is 1. The third kappa shape index (κ3) is 3.88. The molecule has 4 nitrogen and oxygen atoms in total. The molecule has 22 heavy (non-hydrogen) atoms. The highest BCUT2D eigenvalue weighted by molar-refractivity contribution is 5.68. The number of amides is 1. The van der Waals surface area contributed by atoms with E-state index < -0.39 is 5.60 Å². The lowest BCUT2D eigenvalue weighted by Crippen LogP contribution is -2.50. The fourth-order valence-corrected chi connectivity index (χ4v) is 3.25. The molecule has 0 bridgehead atoms. The van der Waals surface area contributed by atoms with Crippen LogP contribution in [0.3, 0.4) is 0 Å². The first-order chi connectivity index (χ1) is 10.3. The summed E-state index contributed by atoms with van der Waals surface area (Å²) in [5.74, 6) is 0.0261. The van der Waals surface area contributed by atoms with Gasteiger partial charge in [-0.2, -0.15) is 0 Å². The van der Waals surface area contributed by atoms with Crippen molar-refractivity contribution in [2.45, 2.75) is 45.6 Å². The zero-order chi connectivity index (χ0) is 16.4. The van der Waals surface area contributed by atoms with Crippen molar-refractivity contribution in [1.82, 2.24) is 4.90 Å². The molecule has 124 valence electrons. The Labute approximate surface area is 132 Å². The van der Waals surface area contributed by atoms with E-state index >= 15 is 0 Å². The quantitative estimate of drug-likeness (QED) is 0.850. The molecule has 0 saturated carbocycles. The first-order valence-corrected chi connectivity index (χ1v) is 7.97. The Morgan fingerprint density at radius 2 is 2.09 bits per heavy atom. The van der Waals surface area contributed by atoms with E-state index in [2.05, 4.69) is 6.08 Å². The number of hydrogen-bond acceptors (Lipinski definition) is 3. The fraction of sp³-hybridized carbons (Fsp3) is 0.706. The molecule has 1 heterocycles. The Morgan fingerprint density at radius 3 is 2.59 bits per heavy atom. The van der Waals surface area contributed by atoms with Crippen molar-refractivity contribution in [2.75, 3.05) is 19.6 Å². The molecule has 2 rings (SSSR count). The molecule has 0 aromatic rings. The predicted molar refractivity (Wildman–Crippen MR) is 85.0 cm³/mol. The van der Waals surface area contributed by atoms with Gasteiger partial charge in [0.15, 0.2) is 0 Å². The van der Waals surface area contributed by atoms with Crippen molar-refractivity contribution >= 4 is 6.09 Å². The highest BCUT2D eigenvalue weighted by Gasteiger charge is 2.41. The summed E-state index contributed by atoms with van der Waals surface area (Å²) >= 11 is 0. The minimum absolute atomic E-state index is 0.0881. The second kappa shape index (κ2) is 6.41. The lowest BCUT2D eigenvalue weighted by molar-refractivity contribution is 0.00473. The number of rotatable bonds is 2. The van der Waals surface area contributed by atoms with Crippen molar-refractivity contribution in [3.05, 3.63) is 24.1 Å². The molecule has 2 N–H and O–H groups in total. The van der Waals surface area contributed by atoms with Crippen LogP contribution in [-0.2, 0) is 4.74 Å². The third-order valence-electron chi connectivity index (χ3n) is 4.64. The van der Waals surface area contributed by atoms with Crippen molar-refractivity contribution < 1.29 is 13.9 Å². The number of piperidine rings is 1. The highest BCUT2D eigenvalue weighted by Crippen LogP contribution is 2.43. The zero-order valence-corrected chi connectivity index (χ0v) is 13.8. The smallest absolute Gasteiger partial charge is 0.410 e. The van der Waals surface area contributed by atoms with Gasteiger partial charge >= 0.3 is 6.09 Å². The predicted octanol–water partition coefficient (Wildman–Crippen LogP) is 3.39. The lowest BCUT2D eigenvalue weighted by atomic mass is 9.66. The Hall–Kier alpha value is -1.36. The van der Waals surface area contributed by atoms with E-state index in [1.54, 1.807) is 11.0 Å². The summed E-state index contributed by atoms with van der Waals surface area (Å²) in [5, 5.41) is 0. The molecule has 5 heteroatoms. The topological polar surface area (TPSA) is 55.6 Å². The van der Waals surface area contributed by atoms with E-state index in [0.29, 0.717) is 26.1 Å². The van der Waals surface area contributed by atoms with Crippen LogP contribution in [0.5, 0.6) is 0 Å². The van der Waals surface area contributed by atoms with Gasteiger partial charge in [-0.05, 0) is 57.6 Å². The van der Waals surface area contributed by atoms with E-state index in [0.717, 1.165) is 12.8 Å². The number of nitrogens with zero attached hydrogens (tertiary/aromatic N) is 1. The van der Waals surface area contributed by atoms with Crippen molar-refractivity contribution in [3.8, 4) is 0 Å². The van der Waals surface area contributed by atoms with Gasteiger partial charge in [0, 0.05) is 19.5 Å². The van der Waals surface area contributed by atoms with E-state index in [-0.39, 0.29) is 23.3 Å². The second-order valence-electron chi connectivity index (χ2n) is 7.34. The average molecular weight is 310 g/mol. The summed E-state index contributed by atoms with van der Waals surface area (Å²) in [5.41, 5.74) is 5.42. The van der Waals surface area contributed by atoms with E-state index in [9.17, 15) is 9.18 Å². The zero-order valence-electron chi connectivity index (χ0n) is 13.8. The monoisotopic (exact) mass is 310 g/mol. The van der Waals surface area contributed by atoms with Crippen molar-refractivity contribution in [3.63, 3.8) is 0 Å². The van der Waals surface area contributed by atoms with Gasteiger partial charge in [-0.1, -0.05) is 12.2 Å². The van der Waals surface area contributed by atoms with Gasteiger partial charge in [0.2, 0.25) is 0 Å². The van der Waals surface area contributed by atoms with Crippen LogP contribution < -0.4 is 5.73 Å². The van der Waals surface area contributed by atoms with Crippen LogP contribution >= 0.6 is 0 Å². The number of likely N-dealkylation sites (tertiary alicyclic amines) is 1. The maximum Gasteiger partial charge on any atom is 0.410 e. The SMILES string of the molecule is CC(C)(C)OC(=O)N1CCC(CN)(C2C=CC=C(F)C2)CC1. The summed E-state index contributed by atoms with van der Waals surface area (Å²) in [6.07, 6.45) is 7.05. The molecule has 0 radical (unpaired) electrons. The lowest BCUT2D eigenvalue weighted by Gasteiger charge is -2.45. The summed E-state index contributed by atoms with van der Waals surface area (Å²) in [6.45, 7) is 7.32. The highest BCUT2D eigenvalue weighted by atomic mass is 19.1. The molecule has 1 atom stereocenters. The molecule has 2 aliphatic rings. The van der Waals surface area contributed by atoms with Gasteiger partial charge in [0.1, 0.15) is 11.4 Å². The first kappa shape index (κ1) is 17.0. The molecule has 1 unspecified atom stereocenters. The van der Waals surface area contributed by atoms with E-state index in [1.807, 2.05) is 20.8 Å². The van der Waals surface area contributed by atoms with Crippen LogP contribution in [-0.4, -0.2) is 36.2 Å². The van der Waals surface area contributed by atoms with Crippen molar-refractivity contribution in [2.24, 2.45) is 17.1 Å². The standard InChI is InChI=1S/C17H27FN2O2/c1-16(2,3)22-15(21)20-9-7-17(12-19,8-10-20)13-5-4-6-14(18)11-13/h4-6,13H,7-12,19H2,1-3H3. The molecule has 1 amide bonds. The number of carbonyl (C=O) groups is 1. The summed E-state index contributed by atoms with van der Waals surface area (Å²) < 4.78 is 19.0. The summed E-state index contributed by atoms with van der Waals surface area (Å²) in [6, 6.07) is 0. The second-order valence-corrected chi connectivity index (χ2v) is 7.34. The van der Waals surface area contributed by atoms with E-state index in [4.69, 9.17) is 10.5 Å². The van der Waals surface area contributed by atoms with Crippen LogP contribution in [0.25, 0.3) is 0 Å². The van der Waals surface area contributed by atoms with Gasteiger partial charge in [0.25, 0.3) is 0 Å². The number of allylic oxidation sites excluding steroid dienone is 4. The molecular weight excluding hydrogens is 283 g/mol. The number of nitrogens with two attached hydrogens (primary N) is 1. The van der Waals surface area contributed by atoms with E-state index in [1.165, 1.54) is 6.08 Å². The van der Waals surface area contributed by atoms with Crippen LogP contribution in [0.2, 0.25) is 0 Å². The molecule has 0 spiro atoms. The third-order valence-corrected chi connectivity index (χ3v) is 4.64. The Bertz CT molecular complexity index is 472. The number of ether oxygens (including phenoxy) is 1. The minimum atomic E-state index is -0.487.